The van der Waals surface area contributed by atoms with E-state index in [0.717, 1.165) is 27.0 Å². The molecule has 4 aromatic rings. The Bertz CT molecular complexity index is 1280. The lowest BCUT2D eigenvalue weighted by atomic mass is 10.1. The highest BCUT2D eigenvalue weighted by Crippen LogP contribution is 2.23. The number of aromatic nitrogens is 4. The lowest BCUT2D eigenvalue weighted by molar-refractivity contribution is 0.102. The third-order valence-electron chi connectivity index (χ3n) is 5.02. The molecule has 0 aliphatic carbocycles. The zero-order chi connectivity index (χ0) is 22.8. The standard InChI is InChI=1S/C23H20Br2FN5O/c1-14-21(25)15(2)31(28-14)12-17-4-3-5-18(10-17)23(32)27-22-20(24)13-30(29-22)11-16-6-8-19(26)9-7-16/h3-10,13H,11-12H2,1-2H3,(H,27,29,32). The maximum absolute atomic E-state index is 13.1. The van der Waals surface area contributed by atoms with Gasteiger partial charge in [0.05, 0.1) is 33.4 Å². The Morgan fingerprint density at radius 3 is 2.47 bits per heavy atom. The van der Waals surface area contributed by atoms with Crippen LogP contribution in [0.1, 0.15) is 32.9 Å². The maximum Gasteiger partial charge on any atom is 0.256 e. The second-order valence-corrected chi connectivity index (χ2v) is 9.09. The molecular weight excluding hydrogens is 541 g/mol. The quantitative estimate of drug-likeness (QED) is 0.328. The highest BCUT2D eigenvalue weighted by atomic mass is 79.9. The molecule has 0 bridgehead atoms. The van der Waals surface area contributed by atoms with Crippen molar-refractivity contribution >= 4 is 43.6 Å². The zero-order valence-electron chi connectivity index (χ0n) is 17.4. The van der Waals surface area contributed by atoms with E-state index < -0.39 is 0 Å². The summed E-state index contributed by atoms with van der Waals surface area (Å²) in [5.41, 5.74) is 4.37. The third-order valence-corrected chi connectivity index (χ3v) is 6.75. The number of carbonyl (C=O) groups is 1. The van der Waals surface area contributed by atoms with Gasteiger partial charge in [-0.05, 0) is 81.1 Å². The van der Waals surface area contributed by atoms with Gasteiger partial charge in [-0.25, -0.2) is 4.39 Å². The minimum absolute atomic E-state index is 0.255. The molecule has 1 N–H and O–H groups in total. The average Bonchev–Trinajstić information content (AvgIpc) is 3.23. The van der Waals surface area contributed by atoms with Crippen LogP contribution < -0.4 is 5.32 Å². The summed E-state index contributed by atoms with van der Waals surface area (Å²) in [6, 6.07) is 13.7. The summed E-state index contributed by atoms with van der Waals surface area (Å²) in [4.78, 5) is 12.8. The van der Waals surface area contributed by atoms with Crippen molar-refractivity contribution in [2.24, 2.45) is 0 Å². The van der Waals surface area contributed by atoms with E-state index in [9.17, 15) is 9.18 Å². The number of hydrogen-bond donors (Lipinski definition) is 1. The van der Waals surface area contributed by atoms with Crippen LogP contribution in [0.5, 0.6) is 0 Å². The van der Waals surface area contributed by atoms with Gasteiger partial charge < -0.3 is 5.32 Å². The maximum atomic E-state index is 13.1. The number of amides is 1. The van der Waals surface area contributed by atoms with Gasteiger partial charge in [0.2, 0.25) is 0 Å². The van der Waals surface area contributed by atoms with Gasteiger partial charge in [0, 0.05) is 11.8 Å². The van der Waals surface area contributed by atoms with Gasteiger partial charge in [-0.2, -0.15) is 10.2 Å². The van der Waals surface area contributed by atoms with E-state index in [0.29, 0.717) is 28.9 Å². The monoisotopic (exact) mass is 559 g/mol. The van der Waals surface area contributed by atoms with Crippen molar-refractivity contribution in [3.8, 4) is 0 Å². The largest absolute Gasteiger partial charge is 0.304 e. The van der Waals surface area contributed by atoms with Gasteiger partial charge in [0.15, 0.2) is 5.82 Å². The molecule has 1 amide bonds. The SMILES string of the molecule is Cc1nn(Cc2cccc(C(=O)Nc3nn(Cc4ccc(F)cc4)cc3Br)c2)c(C)c1Br. The second kappa shape index (κ2) is 9.38. The predicted molar refractivity (Wildman–Crippen MR) is 128 cm³/mol. The average molecular weight is 561 g/mol. The number of nitrogens with one attached hydrogen (secondary N) is 1. The molecule has 32 heavy (non-hydrogen) atoms. The van der Waals surface area contributed by atoms with Crippen LogP contribution in [0, 0.1) is 19.7 Å². The Morgan fingerprint density at radius 2 is 1.78 bits per heavy atom. The summed E-state index contributed by atoms with van der Waals surface area (Å²) in [6.45, 7) is 4.97. The number of nitrogens with zero attached hydrogens (tertiary/aromatic N) is 4. The Labute approximate surface area is 201 Å². The number of rotatable bonds is 6. The van der Waals surface area contributed by atoms with E-state index in [2.05, 4.69) is 47.4 Å². The number of anilines is 1. The predicted octanol–water partition coefficient (Wildman–Crippen LogP) is 5.71. The minimum atomic E-state index is -0.281. The smallest absolute Gasteiger partial charge is 0.256 e. The van der Waals surface area contributed by atoms with Gasteiger partial charge in [-0.15, -0.1) is 0 Å². The molecule has 0 aliphatic rings. The molecular formula is C23H20Br2FN5O. The molecule has 9 heteroatoms. The van der Waals surface area contributed by atoms with Crippen molar-refractivity contribution < 1.29 is 9.18 Å². The Morgan fingerprint density at radius 1 is 1.03 bits per heavy atom. The molecule has 164 valence electrons. The first kappa shape index (κ1) is 22.4. The van der Waals surface area contributed by atoms with Gasteiger partial charge >= 0.3 is 0 Å². The first-order chi connectivity index (χ1) is 15.3. The molecule has 2 aromatic heterocycles. The zero-order valence-corrected chi connectivity index (χ0v) is 20.6. The first-order valence-corrected chi connectivity index (χ1v) is 11.5. The summed E-state index contributed by atoms with van der Waals surface area (Å²) in [5.74, 6) is -0.116. The summed E-state index contributed by atoms with van der Waals surface area (Å²) in [5, 5.41) is 11.8. The molecule has 0 atom stereocenters. The van der Waals surface area contributed by atoms with Crippen molar-refractivity contribution in [2.45, 2.75) is 26.9 Å². The van der Waals surface area contributed by atoms with E-state index in [4.69, 9.17) is 0 Å². The van der Waals surface area contributed by atoms with Crippen LogP contribution in [0.25, 0.3) is 0 Å². The fourth-order valence-corrected chi connectivity index (χ4v) is 4.03. The van der Waals surface area contributed by atoms with E-state index >= 15 is 0 Å². The number of hydrogen-bond acceptors (Lipinski definition) is 3. The minimum Gasteiger partial charge on any atom is -0.304 e. The lowest BCUT2D eigenvalue weighted by Gasteiger charge is -2.08. The molecule has 2 aromatic carbocycles. The van der Waals surface area contributed by atoms with Crippen molar-refractivity contribution in [1.29, 1.82) is 0 Å². The Balaban J connectivity index is 1.47. The fourth-order valence-electron chi connectivity index (χ4n) is 3.33. The van der Waals surface area contributed by atoms with Gasteiger partial charge in [-0.3, -0.25) is 14.2 Å². The third kappa shape index (κ3) is 4.99. The van der Waals surface area contributed by atoms with Crippen LogP contribution in [-0.4, -0.2) is 25.5 Å². The molecule has 4 rings (SSSR count). The molecule has 2 heterocycles. The van der Waals surface area contributed by atoms with Crippen molar-refractivity contribution in [1.82, 2.24) is 19.6 Å². The van der Waals surface area contributed by atoms with Crippen LogP contribution in [-0.2, 0) is 13.1 Å². The van der Waals surface area contributed by atoms with Gasteiger partial charge in [-0.1, -0.05) is 24.3 Å². The van der Waals surface area contributed by atoms with Crippen LogP contribution in [0.3, 0.4) is 0 Å². The molecule has 0 saturated carbocycles. The van der Waals surface area contributed by atoms with Crippen molar-refractivity contribution in [3.05, 3.63) is 97.6 Å². The highest BCUT2D eigenvalue weighted by molar-refractivity contribution is 9.11. The van der Waals surface area contributed by atoms with Crippen LogP contribution in [0.2, 0.25) is 0 Å². The number of carbonyl (C=O) groups excluding carboxylic acids is 1. The van der Waals surface area contributed by atoms with E-state index in [1.54, 1.807) is 29.1 Å². The normalized spacial score (nSPS) is 11.0. The Kier molecular flexibility index (Phi) is 6.57. The van der Waals surface area contributed by atoms with Crippen molar-refractivity contribution in [3.63, 3.8) is 0 Å². The van der Waals surface area contributed by atoms with Crippen LogP contribution in [0.15, 0.2) is 63.7 Å². The molecule has 0 radical (unpaired) electrons. The number of aryl methyl sites for hydroxylation is 1. The summed E-state index contributed by atoms with van der Waals surface area (Å²) in [6.07, 6.45) is 1.77. The Hall–Kier alpha value is -2.78. The van der Waals surface area contributed by atoms with E-state index in [-0.39, 0.29) is 11.7 Å². The first-order valence-electron chi connectivity index (χ1n) is 9.87. The topological polar surface area (TPSA) is 64.7 Å². The summed E-state index contributed by atoms with van der Waals surface area (Å²) in [7, 11) is 0. The molecule has 0 saturated heterocycles. The molecule has 0 fully saturated rings. The van der Waals surface area contributed by atoms with Crippen LogP contribution >= 0.6 is 31.9 Å². The molecule has 0 spiro atoms. The lowest BCUT2D eigenvalue weighted by Crippen LogP contribution is -2.14. The van der Waals surface area contributed by atoms with Gasteiger partial charge in [0.25, 0.3) is 5.91 Å². The van der Waals surface area contributed by atoms with E-state index in [1.165, 1.54) is 12.1 Å². The highest BCUT2D eigenvalue weighted by Gasteiger charge is 2.14. The van der Waals surface area contributed by atoms with Gasteiger partial charge in [0.1, 0.15) is 5.82 Å². The summed E-state index contributed by atoms with van der Waals surface area (Å²) < 4.78 is 18.4. The van der Waals surface area contributed by atoms with Crippen LogP contribution in [0.4, 0.5) is 10.2 Å². The number of benzene rings is 2. The fraction of sp³-hybridized carbons (Fsp3) is 0.174. The van der Waals surface area contributed by atoms with E-state index in [1.807, 2.05) is 36.7 Å². The molecule has 0 unspecified atom stereocenters. The molecule has 6 nitrogen and oxygen atoms in total. The summed E-state index contributed by atoms with van der Waals surface area (Å²) >= 11 is 6.99. The molecule has 0 aliphatic heterocycles. The second-order valence-electron chi connectivity index (χ2n) is 7.45. The number of halogens is 3. The van der Waals surface area contributed by atoms with Crippen molar-refractivity contribution in [2.75, 3.05) is 5.32 Å².